The van der Waals surface area contributed by atoms with Gasteiger partial charge < -0.3 is 5.11 Å². The van der Waals surface area contributed by atoms with E-state index in [1.165, 1.54) is 30.6 Å². The molecule has 21 heavy (non-hydrogen) atoms. The molecule has 0 bridgehead atoms. The van der Waals surface area contributed by atoms with Crippen molar-refractivity contribution in [2.24, 2.45) is 0 Å². The third kappa shape index (κ3) is 2.88. The Hall–Kier alpha value is -1.61. The minimum absolute atomic E-state index is 0.0603. The number of aromatic hydroxyl groups is 1. The Labute approximate surface area is 129 Å². The van der Waals surface area contributed by atoms with Crippen LogP contribution in [-0.4, -0.2) is 10.9 Å². The van der Waals surface area contributed by atoms with Gasteiger partial charge in [0.05, 0.1) is 4.88 Å². The number of phenolic OH excluding ortho intramolecular Hbond substituents is 1. The van der Waals surface area contributed by atoms with Gasteiger partial charge in [-0.1, -0.05) is 25.3 Å². The van der Waals surface area contributed by atoms with Gasteiger partial charge in [-0.05, 0) is 60.4 Å². The Morgan fingerprint density at radius 2 is 2.00 bits per heavy atom. The summed E-state index contributed by atoms with van der Waals surface area (Å²) in [7, 11) is 0. The van der Waals surface area contributed by atoms with Gasteiger partial charge in [0.25, 0.3) is 0 Å². The highest BCUT2D eigenvalue weighted by atomic mass is 32.1. The van der Waals surface area contributed by atoms with Crippen LogP contribution in [0.15, 0.2) is 29.6 Å². The molecule has 0 aliphatic heterocycles. The van der Waals surface area contributed by atoms with E-state index in [9.17, 15) is 9.90 Å². The normalized spacial score (nSPS) is 16.0. The molecule has 3 heteroatoms. The second-order valence-corrected chi connectivity index (χ2v) is 6.82. The number of aryl methyl sites for hydroxylation is 1. The lowest BCUT2D eigenvalue weighted by Crippen LogP contribution is -2.08. The number of phenols is 1. The van der Waals surface area contributed by atoms with Gasteiger partial charge in [0.15, 0.2) is 0 Å². The highest BCUT2D eigenvalue weighted by Crippen LogP contribution is 2.39. The molecule has 0 radical (unpaired) electrons. The maximum absolute atomic E-state index is 12.5. The molecular weight excluding hydrogens is 280 g/mol. The van der Waals surface area contributed by atoms with Gasteiger partial charge in [0.2, 0.25) is 5.78 Å². The minimum Gasteiger partial charge on any atom is -0.507 e. The number of carbonyl (C=O) groups excluding carboxylic acids is 1. The Kier molecular flexibility index (Phi) is 4.11. The predicted molar refractivity (Wildman–Crippen MR) is 86.4 cm³/mol. The van der Waals surface area contributed by atoms with E-state index in [1.54, 1.807) is 0 Å². The Bertz CT molecular complexity index is 637. The van der Waals surface area contributed by atoms with Gasteiger partial charge in [-0.15, -0.1) is 11.3 Å². The maximum Gasteiger partial charge on any atom is 0.202 e. The smallest absolute Gasteiger partial charge is 0.202 e. The first kappa shape index (κ1) is 14.3. The van der Waals surface area contributed by atoms with Crippen molar-refractivity contribution in [3.8, 4) is 5.75 Å². The quantitative estimate of drug-likeness (QED) is 0.806. The standard InChI is InChI=1S/C18H20O2S/c1-12-10-14(18(20)16-8-5-9-21-16)11-15(17(12)19)13-6-3-2-4-7-13/h5,8-11,13,19H,2-4,6-7H2,1H3. The van der Waals surface area contributed by atoms with Crippen LogP contribution in [0, 0.1) is 6.92 Å². The van der Waals surface area contributed by atoms with Gasteiger partial charge in [-0.2, -0.15) is 0 Å². The maximum atomic E-state index is 12.5. The molecule has 1 fully saturated rings. The molecular formula is C18H20O2S. The number of rotatable bonds is 3. The van der Waals surface area contributed by atoms with Crippen LogP contribution in [0.1, 0.15) is 64.4 Å². The summed E-state index contributed by atoms with van der Waals surface area (Å²) in [6.45, 7) is 1.88. The van der Waals surface area contributed by atoms with E-state index in [0.29, 0.717) is 17.2 Å². The molecule has 0 atom stereocenters. The van der Waals surface area contributed by atoms with Gasteiger partial charge >= 0.3 is 0 Å². The van der Waals surface area contributed by atoms with Gasteiger partial charge in [-0.25, -0.2) is 0 Å². The number of thiophene rings is 1. The van der Waals surface area contributed by atoms with Crippen molar-refractivity contribution in [2.75, 3.05) is 0 Å². The molecule has 1 heterocycles. The largest absolute Gasteiger partial charge is 0.507 e. The monoisotopic (exact) mass is 300 g/mol. The zero-order chi connectivity index (χ0) is 14.8. The van der Waals surface area contributed by atoms with Crippen molar-refractivity contribution >= 4 is 17.1 Å². The fourth-order valence-electron chi connectivity index (χ4n) is 3.21. The van der Waals surface area contributed by atoms with Crippen molar-refractivity contribution in [3.05, 3.63) is 51.2 Å². The summed E-state index contributed by atoms with van der Waals surface area (Å²) >= 11 is 1.47. The number of carbonyl (C=O) groups is 1. The summed E-state index contributed by atoms with van der Waals surface area (Å²) in [5.74, 6) is 0.836. The summed E-state index contributed by atoms with van der Waals surface area (Å²) < 4.78 is 0. The molecule has 1 saturated carbocycles. The van der Waals surface area contributed by atoms with Crippen LogP contribution in [0.4, 0.5) is 0 Å². The van der Waals surface area contributed by atoms with Crippen LogP contribution in [-0.2, 0) is 0 Å². The fraction of sp³-hybridized carbons (Fsp3) is 0.389. The van der Waals surface area contributed by atoms with Gasteiger partial charge in [0, 0.05) is 5.56 Å². The molecule has 1 aromatic heterocycles. The van der Waals surface area contributed by atoms with E-state index in [-0.39, 0.29) is 5.78 Å². The molecule has 1 N–H and O–H groups in total. The molecule has 0 saturated heterocycles. The van der Waals surface area contributed by atoms with Crippen molar-refractivity contribution in [2.45, 2.75) is 44.9 Å². The Morgan fingerprint density at radius 3 is 2.67 bits per heavy atom. The number of hydrogen-bond donors (Lipinski definition) is 1. The molecule has 2 aromatic rings. The molecule has 110 valence electrons. The topological polar surface area (TPSA) is 37.3 Å². The van der Waals surface area contributed by atoms with E-state index in [4.69, 9.17) is 0 Å². The average molecular weight is 300 g/mol. The first-order valence-electron chi connectivity index (χ1n) is 7.58. The zero-order valence-electron chi connectivity index (χ0n) is 12.3. The summed E-state index contributed by atoms with van der Waals surface area (Å²) in [5.41, 5.74) is 2.47. The third-order valence-corrected chi connectivity index (χ3v) is 5.25. The predicted octanol–water partition coefficient (Wildman–Crippen LogP) is 5.04. The van der Waals surface area contributed by atoms with Crippen LogP contribution in [0.25, 0.3) is 0 Å². The molecule has 0 unspecified atom stereocenters. The van der Waals surface area contributed by atoms with E-state index >= 15 is 0 Å². The molecule has 1 aliphatic rings. The van der Waals surface area contributed by atoms with Gasteiger partial charge in [0.1, 0.15) is 5.75 Å². The SMILES string of the molecule is Cc1cc(C(=O)c2cccs2)cc(C2CCCCC2)c1O. The van der Waals surface area contributed by atoms with E-state index in [1.807, 2.05) is 36.6 Å². The molecule has 1 aromatic carbocycles. The zero-order valence-corrected chi connectivity index (χ0v) is 13.1. The minimum atomic E-state index is 0.0603. The van der Waals surface area contributed by atoms with Crippen molar-refractivity contribution < 1.29 is 9.90 Å². The Balaban J connectivity index is 1.99. The number of hydrogen-bond acceptors (Lipinski definition) is 3. The Morgan fingerprint density at radius 1 is 1.24 bits per heavy atom. The number of ketones is 1. The lowest BCUT2D eigenvalue weighted by atomic mass is 9.82. The first-order valence-corrected chi connectivity index (χ1v) is 8.46. The molecule has 1 aliphatic carbocycles. The fourth-order valence-corrected chi connectivity index (χ4v) is 3.90. The highest BCUT2D eigenvalue weighted by Gasteiger charge is 2.22. The lowest BCUT2D eigenvalue weighted by molar-refractivity contribution is 0.104. The summed E-state index contributed by atoms with van der Waals surface area (Å²) in [5, 5.41) is 12.3. The average Bonchev–Trinajstić information content (AvgIpc) is 3.04. The second kappa shape index (κ2) is 6.02. The van der Waals surface area contributed by atoms with Crippen molar-refractivity contribution in [1.29, 1.82) is 0 Å². The highest BCUT2D eigenvalue weighted by molar-refractivity contribution is 7.12. The van der Waals surface area contributed by atoms with E-state index < -0.39 is 0 Å². The third-order valence-electron chi connectivity index (χ3n) is 4.38. The number of benzene rings is 1. The van der Waals surface area contributed by atoms with Crippen molar-refractivity contribution in [1.82, 2.24) is 0 Å². The van der Waals surface area contributed by atoms with E-state index in [0.717, 1.165) is 28.8 Å². The van der Waals surface area contributed by atoms with Crippen LogP contribution in [0.5, 0.6) is 5.75 Å². The van der Waals surface area contributed by atoms with Crippen LogP contribution < -0.4 is 0 Å². The van der Waals surface area contributed by atoms with Crippen LogP contribution >= 0.6 is 11.3 Å². The molecule has 0 amide bonds. The van der Waals surface area contributed by atoms with Crippen LogP contribution in [0.2, 0.25) is 0 Å². The summed E-state index contributed by atoms with van der Waals surface area (Å²) in [4.78, 5) is 13.3. The molecule has 3 rings (SSSR count). The summed E-state index contributed by atoms with van der Waals surface area (Å²) in [6, 6.07) is 7.48. The summed E-state index contributed by atoms with van der Waals surface area (Å²) in [6.07, 6.45) is 5.94. The van der Waals surface area contributed by atoms with Crippen molar-refractivity contribution in [3.63, 3.8) is 0 Å². The lowest BCUT2D eigenvalue weighted by Gasteiger charge is -2.24. The van der Waals surface area contributed by atoms with Crippen LogP contribution in [0.3, 0.4) is 0 Å². The second-order valence-electron chi connectivity index (χ2n) is 5.87. The molecule has 0 spiro atoms. The van der Waals surface area contributed by atoms with E-state index in [2.05, 4.69) is 0 Å². The first-order chi connectivity index (χ1) is 10.2. The molecule has 2 nitrogen and oxygen atoms in total. The van der Waals surface area contributed by atoms with Gasteiger partial charge in [-0.3, -0.25) is 4.79 Å².